The highest BCUT2D eigenvalue weighted by Gasteiger charge is 2.11. The monoisotopic (exact) mass is 309 g/mol. The lowest BCUT2D eigenvalue weighted by molar-refractivity contribution is -0.384. The van der Waals surface area contributed by atoms with Gasteiger partial charge in [-0.05, 0) is 24.3 Å². The molecule has 0 fully saturated rings. The zero-order valence-electron chi connectivity index (χ0n) is 10.6. The van der Waals surface area contributed by atoms with Crippen molar-refractivity contribution in [2.75, 3.05) is 11.1 Å². The predicted molar refractivity (Wildman–Crippen MR) is 77.0 cm³/mol. The number of nitrogens with two attached hydrogens (primary N) is 1. The van der Waals surface area contributed by atoms with Crippen molar-refractivity contribution in [3.63, 3.8) is 0 Å². The minimum atomic E-state index is -4.31. The molecule has 0 aromatic heterocycles. The maximum Gasteiger partial charge on any atom is 0.294 e. The number of benzene rings is 2. The average molecular weight is 309 g/mol. The van der Waals surface area contributed by atoms with Gasteiger partial charge in [-0.25, -0.2) is 0 Å². The van der Waals surface area contributed by atoms with Gasteiger partial charge in [0.2, 0.25) is 0 Å². The Kier molecular flexibility index (Phi) is 3.78. The van der Waals surface area contributed by atoms with Crippen molar-refractivity contribution in [2.45, 2.75) is 4.90 Å². The van der Waals surface area contributed by atoms with Crippen LogP contribution in [0.1, 0.15) is 0 Å². The summed E-state index contributed by atoms with van der Waals surface area (Å²) in [6.45, 7) is 0. The molecule has 9 heteroatoms. The van der Waals surface area contributed by atoms with Gasteiger partial charge in [0.05, 0.1) is 21.2 Å². The second-order valence-corrected chi connectivity index (χ2v) is 5.58. The molecule has 0 heterocycles. The number of hydrogen-bond acceptors (Lipinski definition) is 6. The lowest BCUT2D eigenvalue weighted by Crippen LogP contribution is -2.01. The molecule has 8 nitrogen and oxygen atoms in total. The van der Waals surface area contributed by atoms with Gasteiger partial charge in [-0.3, -0.25) is 14.7 Å². The molecule has 0 spiro atoms. The molecule has 0 aliphatic rings. The summed E-state index contributed by atoms with van der Waals surface area (Å²) in [6, 6.07) is 9.33. The van der Waals surface area contributed by atoms with E-state index in [1.54, 1.807) is 6.07 Å². The summed E-state index contributed by atoms with van der Waals surface area (Å²) in [5.41, 5.74) is 6.44. The molecule has 0 saturated heterocycles. The van der Waals surface area contributed by atoms with Crippen LogP contribution in [-0.2, 0) is 10.1 Å². The van der Waals surface area contributed by atoms with Crippen LogP contribution in [0.15, 0.2) is 47.4 Å². The summed E-state index contributed by atoms with van der Waals surface area (Å²) < 4.78 is 31.1. The van der Waals surface area contributed by atoms with Crippen LogP contribution in [0.4, 0.5) is 22.7 Å². The van der Waals surface area contributed by atoms with E-state index < -0.39 is 15.0 Å². The van der Waals surface area contributed by atoms with Crippen molar-refractivity contribution in [3.05, 3.63) is 52.6 Å². The molecule has 4 N–H and O–H groups in total. The normalized spacial score (nSPS) is 11.1. The molecule has 0 atom stereocenters. The van der Waals surface area contributed by atoms with Gasteiger partial charge in [-0.15, -0.1) is 0 Å². The smallest absolute Gasteiger partial charge is 0.294 e. The highest BCUT2D eigenvalue weighted by Crippen LogP contribution is 2.27. The van der Waals surface area contributed by atoms with Crippen LogP contribution in [0.2, 0.25) is 0 Å². The van der Waals surface area contributed by atoms with Crippen LogP contribution in [0, 0.1) is 10.1 Å². The van der Waals surface area contributed by atoms with Crippen LogP contribution in [0.25, 0.3) is 0 Å². The first-order valence-corrected chi connectivity index (χ1v) is 7.10. The largest absolute Gasteiger partial charge is 0.397 e. The fourth-order valence-electron chi connectivity index (χ4n) is 1.67. The lowest BCUT2D eigenvalue weighted by Gasteiger charge is -2.09. The van der Waals surface area contributed by atoms with E-state index in [4.69, 9.17) is 10.3 Å². The maximum atomic E-state index is 11.1. The Morgan fingerprint density at radius 2 is 1.90 bits per heavy atom. The van der Waals surface area contributed by atoms with Gasteiger partial charge in [0, 0.05) is 17.8 Å². The second-order valence-electron chi connectivity index (χ2n) is 4.16. The van der Waals surface area contributed by atoms with Gasteiger partial charge in [0.15, 0.2) is 0 Å². The van der Waals surface area contributed by atoms with E-state index in [1.165, 1.54) is 36.4 Å². The molecule has 2 aromatic rings. The van der Waals surface area contributed by atoms with E-state index >= 15 is 0 Å². The van der Waals surface area contributed by atoms with E-state index in [0.29, 0.717) is 11.4 Å². The predicted octanol–water partition coefficient (Wildman–Crippen LogP) is 2.17. The van der Waals surface area contributed by atoms with E-state index in [-0.39, 0.29) is 16.3 Å². The first-order chi connectivity index (χ1) is 9.77. The number of rotatable bonds is 4. The Hall–Kier alpha value is -2.65. The van der Waals surface area contributed by atoms with Crippen LogP contribution in [-0.4, -0.2) is 17.9 Å². The van der Waals surface area contributed by atoms with Crippen molar-refractivity contribution in [3.8, 4) is 0 Å². The number of hydrogen-bond donors (Lipinski definition) is 3. The summed E-state index contributed by atoms with van der Waals surface area (Å²) >= 11 is 0. The number of nitrogen functional groups attached to an aromatic ring is 1. The Balaban J connectivity index is 2.33. The number of nitro benzene ring substituents is 1. The SMILES string of the molecule is Nc1cc([N+](=O)[O-])ccc1Nc1cccc(S(=O)(=O)O)c1. The summed E-state index contributed by atoms with van der Waals surface area (Å²) in [5, 5.41) is 13.4. The molecular formula is C12H11N3O5S. The molecule has 0 radical (unpaired) electrons. The molecule has 2 aromatic carbocycles. The molecule has 0 saturated carbocycles. The first kappa shape index (κ1) is 14.8. The summed E-state index contributed by atoms with van der Waals surface area (Å²) in [7, 11) is -4.31. The molecule has 0 bridgehead atoms. The molecule has 21 heavy (non-hydrogen) atoms. The Morgan fingerprint density at radius 1 is 1.19 bits per heavy atom. The third-order valence-corrected chi connectivity index (χ3v) is 3.51. The van der Waals surface area contributed by atoms with Crippen LogP contribution in [0.5, 0.6) is 0 Å². The topological polar surface area (TPSA) is 136 Å². The van der Waals surface area contributed by atoms with Crippen LogP contribution in [0.3, 0.4) is 0 Å². The summed E-state index contributed by atoms with van der Waals surface area (Å²) in [4.78, 5) is 9.77. The van der Waals surface area contributed by atoms with Crippen LogP contribution >= 0.6 is 0 Å². The van der Waals surface area contributed by atoms with E-state index in [1.807, 2.05) is 0 Å². The Labute approximate surface area is 120 Å². The summed E-state index contributed by atoms with van der Waals surface area (Å²) in [5.74, 6) is 0. The number of nitrogens with zero attached hydrogens (tertiary/aromatic N) is 1. The zero-order valence-corrected chi connectivity index (χ0v) is 11.4. The van der Waals surface area contributed by atoms with Gasteiger partial charge in [0.25, 0.3) is 15.8 Å². The van der Waals surface area contributed by atoms with Gasteiger partial charge in [-0.1, -0.05) is 6.07 Å². The maximum absolute atomic E-state index is 11.1. The number of nitrogens with one attached hydrogen (secondary N) is 1. The highest BCUT2D eigenvalue weighted by atomic mass is 32.2. The second kappa shape index (κ2) is 5.38. The quantitative estimate of drug-likeness (QED) is 0.341. The number of nitro groups is 1. The zero-order chi connectivity index (χ0) is 15.6. The Bertz CT molecular complexity index is 804. The lowest BCUT2D eigenvalue weighted by atomic mass is 10.2. The minimum absolute atomic E-state index is 0.140. The van der Waals surface area contributed by atoms with Crippen molar-refractivity contribution in [1.29, 1.82) is 0 Å². The average Bonchev–Trinajstić information content (AvgIpc) is 2.40. The molecule has 0 unspecified atom stereocenters. The van der Waals surface area contributed by atoms with E-state index in [2.05, 4.69) is 5.32 Å². The third kappa shape index (κ3) is 3.46. The van der Waals surface area contributed by atoms with Crippen molar-refractivity contribution < 1.29 is 17.9 Å². The number of anilines is 3. The van der Waals surface area contributed by atoms with E-state index in [0.717, 1.165) is 0 Å². The van der Waals surface area contributed by atoms with Crippen molar-refractivity contribution in [2.24, 2.45) is 0 Å². The molecular weight excluding hydrogens is 298 g/mol. The highest BCUT2D eigenvalue weighted by molar-refractivity contribution is 7.85. The standard InChI is InChI=1S/C12H11N3O5S/c13-11-7-9(15(16)17)4-5-12(11)14-8-2-1-3-10(6-8)21(18,19)20/h1-7,14H,13H2,(H,18,19,20). The first-order valence-electron chi connectivity index (χ1n) is 5.66. The fraction of sp³-hybridized carbons (Fsp3) is 0. The van der Waals surface area contributed by atoms with Crippen molar-refractivity contribution >= 4 is 32.9 Å². The molecule has 0 amide bonds. The van der Waals surface area contributed by atoms with Crippen LogP contribution < -0.4 is 11.1 Å². The Morgan fingerprint density at radius 3 is 2.48 bits per heavy atom. The number of non-ortho nitro benzene ring substituents is 1. The molecule has 0 aliphatic heterocycles. The summed E-state index contributed by atoms with van der Waals surface area (Å²) in [6.07, 6.45) is 0. The van der Waals surface area contributed by atoms with Gasteiger partial charge >= 0.3 is 0 Å². The molecule has 0 aliphatic carbocycles. The van der Waals surface area contributed by atoms with Gasteiger partial charge in [0.1, 0.15) is 0 Å². The van der Waals surface area contributed by atoms with Crippen molar-refractivity contribution in [1.82, 2.24) is 0 Å². The third-order valence-electron chi connectivity index (χ3n) is 2.66. The van der Waals surface area contributed by atoms with Gasteiger partial charge in [-0.2, -0.15) is 8.42 Å². The molecule has 2 rings (SSSR count). The van der Waals surface area contributed by atoms with E-state index in [9.17, 15) is 18.5 Å². The minimum Gasteiger partial charge on any atom is -0.397 e. The van der Waals surface area contributed by atoms with Gasteiger partial charge < -0.3 is 11.1 Å². The molecule has 110 valence electrons. The fourth-order valence-corrected chi connectivity index (χ4v) is 2.19.